The van der Waals surface area contributed by atoms with E-state index in [1.165, 1.54) is 7.05 Å². The van der Waals surface area contributed by atoms with E-state index >= 15 is 0 Å². The van der Waals surface area contributed by atoms with Crippen LogP contribution in [0.3, 0.4) is 0 Å². The van der Waals surface area contributed by atoms with Gasteiger partial charge in [0.1, 0.15) is 16.3 Å². The minimum absolute atomic E-state index is 0.143. The van der Waals surface area contributed by atoms with Gasteiger partial charge in [0.05, 0.1) is 15.7 Å². The second-order valence-electron chi connectivity index (χ2n) is 6.43. The topological polar surface area (TPSA) is 72.3 Å². The lowest BCUT2D eigenvalue weighted by Gasteiger charge is -2.21. The fourth-order valence-electron chi connectivity index (χ4n) is 2.82. The van der Waals surface area contributed by atoms with Crippen molar-refractivity contribution in [2.24, 2.45) is 7.05 Å². The first-order chi connectivity index (χ1) is 14.3. The standard InChI is InChI=1S/C19H14Cl2F3N3O3S/c1-26-17(19(22,23)24)10-15(28)18(25-26)12-8-16(14(21)9-13(12)20)31(29,30)27(2)11-6-4-3-5-7-11/h3-10H,1-2H3. The van der Waals surface area contributed by atoms with Gasteiger partial charge in [0, 0.05) is 25.7 Å². The number of alkyl halides is 3. The number of sulfonamides is 1. The molecule has 0 spiro atoms. The number of rotatable bonds is 4. The van der Waals surface area contributed by atoms with E-state index in [-0.39, 0.29) is 20.5 Å². The minimum atomic E-state index is -4.80. The number of hydrogen-bond donors (Lipinski definition) is 0. The predicted octanol–water partition coefficient (Wildman–Crippen LogP) is 4.60. The summed E-state index contributed by atoms with van der Waals surface area (Å²) in [6.07, 6.45) is -4.80. The fourth-order valence-corrected chi connectivity index (χ4v) is 4.86. The maximum atomic E-state index is 13.1. The highest BCUT2D eigenvalue weighted by molar-refractivity contribution is 7.93. The van der Waals surface area contributed by atoms with Crippen molar-refractivity contribution >= 4 is 38.9 Å². The smallest absolute Gasteiger partial charge is 0.287 e. The van der Waals surface area contributed by atoms with Crippen molar-refractivity contribution in [1.82, 2.24) is 9.78 Å². The van der Waals surface area contributed by atoms with E-state index < -0.39 is 33.0 Å². The summed E-state index contributed by atoms with van der Waals surface area (Å²) in [6.45, 7) is 0. The van der Waals surface area contributed by atoms with Crippen LogP contribution < -0.4 is 9.73 Å². The Hall–Kier alpha value is -2.56. The Labute approximate surface area is 185 Å². The average molecular weight is 492 g/mol. The fraction of sp³-hybridized carbons (Fsp3) is 0.158. The van der Waals surface area contributed by atoms with E-state index in [0.717, 1.165) is 23.5 Å². The molecule has 0 radical (unpaired) electrons. The number of aryl methyl sites for hydroxylation is 1. The quantitative estimate of drug-likeness (QED) is 0.534. The van der Waals surface area contributed by atoms with Crippen LogP contribution in [0.1, 0.15) is 5.69 Å². The van der Waals surface area contributed by atoms with E-state index in [2.05, 4.69) is 5.10 Å². The summed E-state index contributed by atoms with van der Waals surface area (Å²) in [6, 6.07) is 10.6. The van der Waals surface area contributed by atoms with Gasteiger partial charge in [0.25, 0.3) is 10.0 Å². The van der Waals surface area contributed by atoms with Gasteiger partial charge in [0.2, 0.25) is 5.43 Å². The number of benzene rings is 2. The van der Waals surface area contributed by atoms with E-state index in [1.54, 1.807) is 30.3 Å². The van der Waals surface area contributed by atoms with Crippen LogP contribution in [0.2, 0.25) is 10.0 Å². The van der Waals surface area contributed by atoms with Crippen molar-refractivity contribution in [3.63, 3.8) is 0 Å². The summed E-state index contributed by atoms with van der Waals surface area (Å²) in [7, 11) is -1.88. The molecular formula is C19H14Cl2F3N3O3S. The molecule has 0 unspecified atom stereocenters. The first kappa shape index (κ1) is 23.1. The van der Waals surface area contributed by atoms with E-state index in [9.17, 15) is 26.4 Å². The van der Waals surface area contributed by atoms with Crippen LogP contribution >= 0.6 is 23.2 Å². The number of aromatic nitrogens is 2. The summed E-state index contributed by atoms with van der Waals surface area (Å²) in [5, 5.41) is 3.31. The highest BCUT2D eigenvalue weighted by Crippen LogP contribution is 2.36. The molecule has 6 nitrogen and oxygen atoms in total. The monoisotopic (exact) mass is 491 g/mol. The zero-order valence-corrected chi connectivity index (χ0v) is 18.3. The lowest BCUT2D eigenvalue weighted by Crippen LogP contribution is -2.27. The van der Waals surface area contributed by atoms with Crippen molar-refractivity contribution in [2.45, 2.75) is 11.1 Å². The minimum Gasteiger partial charge on any atom is -0.287 e. The second-order valence-corrected chi connectivity index (χ2v) is 9.19. The van der Waals surface area contributed by atoms with Crippen LogP contribution in [-0.4, -0.2) is 25.2 Å². The van der Waals surface area contributed by atoms with Gasteiger partial charge in [-0.2, -0.15) is 18.3 Å². The first-order valence-corrected chi connectivity index (χ1v) is 10.7. The molecule has 0 amide bonds. The van der Waals surface area contributed by atoms with Crippen LogP contribution in [0, 0.1) is 0 Å². The van der Waals surface area contributed by atoms with Gasteiger partial charge in [-0.3, -0.25) is 13.8 Å². The zero-order chi connectivity index (χ0) is 23.1. The van der Waals surface area contributed by atoms with Crippen molar-refractivity contribution < 1.29 is 21.6 Å². The second kappa shape index (κ2) is 8.18. The molecule has 0 N–H and O–H groups in total. The number of para-hydroxylation sites is 1. The summed E-state index contributed by atoms with van der Waals surface area (Å²) in [5.41, 5.74) is -2.60. The average Bonchev–Trinajstić information content (AvgIpc) is 2.68. The van der Waals surface area contributed by atoms with Gasteiger partial charge in [-0.05, 0) is 24.3 Å². The molecule has 164 valence electrons. The van der Waals surface area contributed by atoms with Crippen LogP contribution in [0.4, 0.5) is 18.9 Å². The number of nitrogens with zero attached hydrogens (tertiary/aromatic N) is 3. The molecule has 0 aliphatic rings. The Morgan fingerprint density at radius 2 is 1.65 bits per heavy atom. The molecule has 1 aromatic heterocycles. The Bertz CT molecular complexity index is 1310. The summed E-state index contributed by atoms with van der Waals surface area (Å²) in [5.74, 6) is 0. The summed E-state index contributed by atoms with van der Waals surface area (Å²) < 4.78 is 66.8. The first-order valence-electron chi connectivity index (χ1n) is 8.53. The molecule has 0 aliphatic heterocycles. The number of halogens is 5. The molecular weight excluding hydrogens is 478 g/mol. The normalized spacial score (nSPS) is 12.1. The Balaban J connectivity index is 2.20. The van der Waals surface area contributed by atoms with Crippen LogP contribution in [0.5, 0.6) is 0 Å². The van der Waals surface area contributed by atoms with Crippen molar-refractivity contribution in [2.75, 3.05) is 11.4 Å². The molecule has 0 bridgehead atoms. The largest absolute Gasteiger partial charge is 0.433 e. The third-order valence-electron chi connectivity index (χ3n) is 4.43. The van der Waals surface area contributed by atoms with Gasteiger partial charge in [-0.25, -0.2) is 8.42 Å². The number of anilines is 1. The van der Waals surface area contributed by atoms with Crippen LogP contribution in [0.25, 0.3) is 11.3 Å². The van der Waals surface area contributed by atoms with Crippen molar-refractivity contribution in [3.05, 3.63) is 74.5 Å². The SMILES string of the molecule is CN(c1ccccc1)S(=O)(=O)c1cc(-c2nn(C)c(C(F)(F)F)cc2=O)c(Cl)cc1Cl. The number of hydrogen-bond acceptors (Lipinski definition) is 4. The van der Waals surface area contributed by atoms with Gasteiger partial charge in [-0.15, -0.1) is 0 Å². The molecule has 1 heterocycles. The van der Waals surface area contributed by atoms with Gasteiger partial charge in [0.15, 0.2) is 0 Å². The third-order valence-corrected chi connectivity index (χ3v) is 6.99. The Kier molecular flexibility index (Phi) is 6.09. The lowest BCUT2D eigenvalue weighted by atomic mass is 10.1. The van der Waals surface area contributed by atoms with Gasteiger partial charge >= 0.3 is 6.18 Å². The van der Waals surface area contributed by atoms with Crippen LogP contribution in [0.15, 0.2) is 58.2 Å². The molecule has 0 saturated carbocycles. The van der Waals surface area contributed by atoms with Crippen molar-refractivity contribution in [1.29, 1.82) is 0 Å². The maximum absolute atomic E-state index is 13.1. The molecule has 2 aromatic carbocycles. The van der Waals surface area contributed by atoms with Gasteiger partial charge < -0.3 is 0 Å². The van der Waals surface area contributed by atoms with Crippen molar-refractivity contribution in [3.8, 4) is 11.3 Å². The molecule has 0 aliphatic carbocycles. The summed E-state index contributed by atoms with van der Waals surface area (Å²) in [4.78, 5) is 12.0. The molecule has 3 rings (SSSR count). The molecule has 31 heavy (non-hydrogen) atoms. The predicted molar refractivity (Wildman–Crippen MR) is 112 cm³/mol. The highest BCUT2D eigenvalue weighted by Gasteiger charge is 2.35. The van der Waals surface area contributed by atoms with E-state index in [1.807, 2.05) is 0 Å². The van der Waals surface area contributed by atoms with E-state index in [4.69, 9.17) is 23.2 Å². The van der Waals surface area contributed by atoms with Crippen LogP contribution in [-0.2, 0) is 23.2 Å². The Morgan fingerprint density at radius 3 is 2.23 bits per heavy atom. The molecule has 0 fully saturated rings. The molecule has 3 aromatic rings. The Morgan fingerprint density at radius 1 is 1.03 bits per heavy atom. The highest BCUT2D eigenvalue weighted by atomic mass is 35.5. The molecule has 0 atom stereocenters. The zero-order valence-electron chi connectivity index (χ0n) is 16.0. The lowest BCUT2D eigenvalue weighted by molar-refractivity contribution is -0.144. The third kappa shape index (κ3) is 4.41. The van der Waals surface area contributed by atoms with Gasteiger partial charge in [-0.1, -0.05) is 41.4 Å². The molecule has 12 heteroatoms. The maximum Gasteiger partial charge on any atom is 0.433 e. The summed E-state index contributed by atoms with van der Waals surface area (Å²) >= 11 is 12.3. The molecule has 0 saturated heterocycles. The van der Waals surface area contributed by atoms with E-state index in [0.29, 0.717) is 16.4 Å².